The summed E-state index contributed by atoms with van der Waals surface area (Å²) in [5.41, 5.74) is 0.969. The Balaban J connectivity index is 2.13. The monoisotopic (exact) mass is 247 g/mol. The van der Waals surface area contributed by atoms with E-state index in [0.717, 1.165) is 11.4 Å². The van der Waals surface area contributed by atoms with E-state index >= 15 is 0 Å². The number of nitrogens with zero attached hydrogens (tertiary/aromatic N) is 5. The largest absolute Gasteiger partial charge is 0.385 e. The topological polar surface area (TPSA) is 76.7 Å². The highest BCUT2D eigenvalue weighted by Crippen LogP contribution is 2.15. The van der Waals surface area contributed by atoms with E-state index in [1.54, 1.807) is 17.1 Å². The molecule has 2 heterocycles. The molecule has 2 rings (SSSR count). The fourth-order valence-corrected chi connectivity index (χ4v) is 1.69. The normalized spacial score (nSPS) is 12.9. The van der Waals surface area contributed by atoms with E-state index in [9.17, 15) is 5.11 Å². The molecule has 0 aliphatic rings. The van der Waals surface area contributed by atoms with Crippen LogP contribution in [0.4, 0.5) is 0 Å². The van der Waals surface area contributed by atoms with Gasteiger partial charge in [-0.3, -0.25) is 0 Å². The Bertz CT molecular complexity index is 505. The lowest BCUT2D eigenvalue weighted by atomic mass is 10.2. The van der Waals surface area contributed by atoms with Crippen LogP contribution in [0.2, 0.25) is 0 Å². The standard InChI is InChI=1S/C12H17N5O/c1-8(2)17-11(15-7-16-17)4-10(18)12-13-5-9(3)6-14-12/h5-8,10,18H,4H2,1-3H3. The van der Waals surface area contributed by atoms with Crippen LogP contribution in [0.5, 0.6) is 0 Å². The van der Waals surface area contributed by atoms with E-state index in [0.29, 0.717) is 12.2 Å². The maximum atomic E-state index is 10.1. The van der Waals surface area contributed by atoms with Gasteiger partial charge in [-0.05, 0) is 26.3 Å². The van der Waals surface area contributed by atoms with Crippen molar-refractivity contribution < 1.29 is 5.11 Å². The molecule has 0 saturated heterocycles. The Hall–Kier alpha value is -1.82. The Kier molecular flexibility index (Phi) is 3.66. The maximum absolute atomic E-state index is 10.1. The van der Waals surface area contributed by atoms with Crippen LogP contribution >= 0.6 is 0 Å². The van der Waals surface area contributed by atoms with Gasteiger partial charge in [0.15, 0.2) is 5.82 Å². The molecule has 0 spiro atoms. The highest BCUT2D eigenvalue weighted by molar-refractivity contribution is 5.05. The van der Waals surface area contributed by atoms with Gasteiger partial charge >= 0.3 is 0 Å². The minimum atomic E-state index is -0.757. The van der Waals surface area contributed by atoms with Gasteiger partial charge < -0.3 is 5.11 Å². The zero-order valence-electron chi connectivity index (χ0n) is 10.8. The first-order chi connectivity index (χ1) is 8.58. The van der Waals surface area contributed by atoms with E-state index in [1.165, 1.54) is 6.33 Å². The van der Waals surface area contributed by atoms with Gasteiger partial charge in [0.05, 0.1) is 0 Å². The molecule has 2 aromatic heterocycles. The predicted octanol–water partition coefficient (Wildman–Crippen LogP) is 1.23. The molecule has 96 valence electrons. The molecule has 0 aromatic carbocycles. The van der Waals surface area contributed by atoms with Crippen molar-refractivity contribution in [1.82, 2.24) is 24.7 Å². The lowest BCUT2D eigenvalue weighted by molar-refractivity contribution is 0.163. The Morgan fingerprint density at radius 1 is 1.22 bits per heavy atom. The van der Waals surface area contributed by atoms with Crippen LogP contribution in [0.1, 0.15) is 43.2 Å². The van der Waals surface area contributed by atoms with Gasteiger partial charge in [-0.15, -0.1) is 0 Å². The lowest BCUT2D eigenvalue weighted by Gasteiger charge is -2.12. The summed E-state index contributed by atoms with van der Waals surface area (Å²) in [5.74, 6) is 1.15. The minimum Gasteiger partial charge on any atom is -0.385 e. The summed E-state index contributed by atoms with van der Waals surface area (Å²) >= 11 is 0. The number of aromatic nitrogens is 5. The summed E-state index contributed by atoms with van der Waals surface area (Å²) in [4.78, 5) is 12.4. The summed E-state index contributed by atoms with van der Waals surface area (Å²) in [6.07, 6.45) is 4.49. The van der Waals surface area contributed by atoms with Crippen molar-refractivity contribution in [3.8, 4) is 0 Å². The summed E-state index contributed by atoms with van der Waals surface area (Å²) < 4.78 is 1.79. The first-order valence-corrected chi connectivity index (χ1v) is 5.93. The van der Waals surface area contributed by atoms with Crippen molar-refractivity contribution >= 4 is 0 Å². The summed E-state index contributed by atoms with van der Waals surface area (Å²) in [6, 6.07) is 0.216. The van der Waals surface area contributed by atoms with Gasteiger partial charge in [-0.25, -0.2) is 19.6 Å². The van der Waals surface area contributed by atoms with Crippen LogP contribution in [-0.4, -0.2) is 29.8 Å². The third-order valence-corrected chi connectivity index (χ3v) is 2.61. The fraction of sp³-hybridized carbons (Fsp3) is 0.500. The van der Waals surface area contributed by atoms with E-state index < -0.39 is 6.10 Å². The average Bonchev–Trinajstić information content (AvgIpc) is 2.78. The number of aliphatic hydroxyl groups is 1. The Labute approximate surface area is 106 Å². The van der Waals surface area contributed by atoms with Crippen molar-refractivity contribution in [3.63, 3.8) is 0 Å². The van der Waals surface area contributed by atoms with Gasteiger partial charge in [0.25, 0.3) is 0 Å². The minimum absolute atomic E-state index is 0.216. The van der Waals surface area contributed by atoms with Gasteiger partial charge in [-0.2, -0.15) is 5.10 Å². The van der Waals surface area contributed by atoms with Gasteiger partial charge in [0.1, 0.15) is 18.3 Å². The summed E-state index contributed by atoms with van der Waals surface area (Å²) in [7, 11) is 0. The maximum Gasteiger partial charge on any atom is 0.157 e. The second kappa shape index (κ2) is 5.22. The molecule has 1 unspecified atom stereocenters. The van der Waals surface area contributed by atoms with Crippen LogP contribution < -0.4 is 0 Å². The molecule has 0 fully saturated rings. The molecule has 1 atom stereocenters. The van der Waals surface area contributed by atoms with Crippen LogP contribution in [0.3, 0.4) is 0 Å². The average molecular weight is 247 g/mol. The van der Waals surface area contributed by atoms with Gasteiger partial charge in [0, 0.05) is 24.9 Å². The molecule has 0 saturated carbocycles. The molecule has 0 aliphatic heterocycles. The van der Waals surface area contributed by atoms with Crippen LogP contribution in [0, 0.1) is 6.92 Å². The Morgan fingerprint density at radius 3 is 2.50 bits per heavy atom. The smallest absolute Gasteiger partial charge is 0.157 e. The fourth-order valence-electron chi connectivity index (χ4n) is 1.69. The molecule has 0 amide bonds. The van der Waals surface area contributed by atoms with Crippen molar-refractivity contribution in [2.75, 3.05) is 0 Å². The van der Waals surface area contributed by atoms with Gasteiger partial charge in [-0.1, -0.05) is 0 Å². The lowest BCUT2D eigenvalue weighted by Crippen LogP contribution is -2.13. The van der Waals surface area contributed by atoms with Crippen molar-refractivity contribution in [2.45, 2.75) is 39.3 Å². The third-order valence-electron chi connectivity index (χ3n) is 2.61. The molecular weight excluding hydrogens is 230 g/mol. The first kappa shape index (κ1) is 12.6. The zero-order valence-corrected chi connectivity index (χ0v) is 10.8. The van der Waals surface area contributed by atoms with Gasteiger partial charge in [0.2, 0.25) is 0 Å². The quantitative estimate of drug-likeness (QED) is 0.879. The molecule has 0 bridgehead atoms. The number of aliphatic hydroxyl groups excluding tert-OH is 1. The number of aryl methyl sites for hydroxylation is 1. The molecule has 0 aliphatic carbocycles. The predicted molar refractivity (Wildman–Crippen MR) is 65.8 cm³/mol. The highest BCUT2D eigenvalue weighted by Gasteiger charge is 2.16. The molecule has 2 aromatic rings. The third kappa shape index (κ3) is 2.70. The van der Waals surface area contributed by atoms with E-state index in [2.05, 4.69) is 20.1 Å². The van der Waals surface area contributed by atoms with Crippen molar-refractivity contribution in [1.29, 1.82) is 0 Å². The summed E-state index contributed by atoms with van der Waals surface area (Å²) in [6.45, 7) is 5.95. The number of hydrogen-bond donors (Lipinski definition) is 1. The second-order valence-corrected chi connectivity index (χ2v) is 4.55. The van der Waals surface area contributed by atoms with Crippen molar-refractivity contribution in [2.24, 2.45) is 0 Å². The molecule has 6 heteroatoms. The van der Waals surface area contributed by atoms with Crippen molar-refractivity contribution in [3.05, 3.63) is 35.9 Å². The summed E-state index contributed by atoms with van der Waals surface area (Å²) in [5, 5.41) is 14.2. The second-order valence-electron chi connectivity index (χ2n) is 4.55. The Morgan fingerprint density at radius 2 is 1.89 bits per heavy atom. The first-order valence-electron chi connectivity index (χ1n) is 5.93. The highest BCUT2D eigenvalue weighted by atomic mass is 16.3. The van der Waals surface area contributed by atoms with E-state index in [-0.39, 0.29) is 6.04 Å². The molecule has 6 nitrogen and oxygen atoms in total. The number of rotatable bonds is 4. The van der Waals surface area contributed by atoms with Crippen LogP contribution in [0.15, 0.2) is 18.7 Å². The molecule has 18 heavy (non-hydrogen) atoms. The molecular formula is C12H17N5O. The van der Waals surface area contributed by atoms with E-state index in [4.69, 9.17) is 0 Å². The number of hydrogen-bond acceptors (Lipinski definition) is 5. The zero-order chi connectivity index (χ0) is 13.1. The van der Waals surface area contributed by atoms with Crippen LogP contribution in [-0.2, 0) is 6.42 Å². The molecule has 1 N–H and O–H groups in total. The molecule has 0 radical (unpaired) electrons. The van der Waals surface area contributed by atoms with E-state index in [1.807, 2.05) is 20.8 Å². The van der Waals surface area contributed by atoms with Crippen LogP contribution in [0.25, 0.3) is 0 Å². The SMILES string of the molecule is Cc1cnc(C(O)Cc2ncnn2C(C)C)nc1.